The summed E-state index contributed by atoms with van der Waals surface area (Å²) in [4.78, 5) is 1.10. The van der Waals surface area contributed by atoms with Gasteiger partial charge in [-0.25, -0.2) is 0 Å². The summed E-state index contributed by atoms with van der Waals surface area (Å²) in [5.41, 5.74) is 9.18. The van der Waals surface area contributed by atoms with Crippen molar-refractivity contribution in [2.75, 3.05) is 6.26 Å². The fourth-order valence-electron chi connectivity index (χ4n) is 6.98. The second-order valence-corrected chi connectivity index (χ2v) is 13.0. The van der Waals surface area contributed by atoms with E-state index in [1.165, 1.54) is 0 Å². The zero-order valence-electron chi connectivity index (χ0n) is 27.3. The highest BCUT2D eigenvalue weighted by Crippen LogP contribution is 2.47. The molecule has 7 aromatic rings. The summed E-state index contributed by atoms with van der Waals surface area (Å²) < 4.78 is 0. The zero-order chi connectivity index (χ0) is 35.6. The van der Waals surface area contributed by atoms with Crippen molar-refractivity contribution >= 4 is 166 Å². The predicted molar refractivity (Wildman–Crippen MR) is 229 cm³/mol. The first-order valence-electron chi connectivity index (χ1n) is 15.7. The molecule has 0 nitrogen and oxygen atoms in total. The van der Waals surface area contributed by atoms with Crippen LogP contribution in [0.3, 0.4) is 0 Å². The molecule has 0 atom stereocenters. The van der Waals surface area contributed by atoms with Crippen molar-refractivity contribution in [3.63, 3.8) is 0 Å². The van der Waals surface area contributed by atoms with Gasteiger partial charge < -0.3 is 0 Å². The maximum absolute atomic E-state index is 6.67. The smallest absolute Gasteiger partial charge is 0.113 e. The first-order chi connectivity index (χ1) is 24.0. The highest BCUT2D eigenvalue weighted by atomic mass is 32.2. The SMILES string of the molecule is [B]c1c([B])c([B])c(-c2ccc(-c3c(SC)cccc3-c3c4ccccc4c(-c4c([B])c([B])c([B])c([B])c4[B])c4ccccc34)cc2)c([B])c1[B]. The Morgan fingerprint density at radius 2 is 0.680 bits per heavy atom. The first-order valence-corrected chi connectivity index (χ1v) is 16.9. The third-order valence-electron chi connectivity index (χ3n) is 9.56. The Hall–Kier alpha value is -3.94. The van der Waals surface area contributed by atoms with Crippen molar-refractivity contribution in [2.45, 2.75) is 4.90 Å². The number of hydrogen-bond acceptors (Lipinski definition) is 1. The van der Waals surface area contributed by atoms with E-state index in [1.807, 2.05) is 36.4 Å². The standard InChI is InChI=1S/C39H18B10S/c1-50-24-12-6-11-23(25(24)17-13-15-18(16-14-17)26-30(40)34(44)38(48)35(45)31(26)41)27-19-7-2-4-9-21(19)28(22-10-5-3-8-20(22)27)29-32(42)36(46)39(49)37(47)33(29)43/h2-16H,1H3. The van der Waals surface area contributed by atoms with Gasteiger partial charge in [-0.05, 0) is 72.8 Å². The van der Waals surface area contributed by atoms with Crippen LogP contribution in [-0.4, -0.2) is 84.7 Å². The third-order valence-corrected chi connectivity index (χ3v) is 10.3. The minimum absolute atomic E-state index is 0.173. The van der Waals surface area contributed by atoms with E-state index in [-0.39, 0.29) is 54.6 Å². The second kappa shape index (κ2) is 13.3. The van der Waals surface area contributed by atoms with Crippen molar-refractivity contribution in [3.8, 4) is 44.5 Å². The highest BCUT2D eigenvalue weighted by molar-refractivity contribution is 7.98. The van der Waals surface area contributed by atoms with Gasteiger partial charge in [-0.3, -0.25) is 0 Å². The Morgan fingerprint density at radius 3 is 1.10 bits per heavy atom. The van der Waals surface area contributed by atoms with Crippen molar-refractivity contribution in [1.29, 1.82) is 0 Å². The number of hydrogen-bond donors (Lipinski definition) is 0. The van der Waals surface area contributed by atoms with Gasteiger partial charge in [0.05, 0.1) is 0 Å². The van der Waals surface area contributed by atoms with Crippen molar-refractivity contribution in [2.24, 2.45) is 0 Å². The van der Waals surface area contributed by atoms with Crippen LogP contribution < -0.4 is 54.6 Å². The molecule has 210 valence electrons. The molecule has 7 rings (SSSR count). The highest BCUT2D eigenvalue weighted by Gasteiger charge is 2.23. The molecule has 50 heavy (non-hydrogen) atoms. The van der Waals surface area contributed by atoms with Gasteiger partial charge in [-0.15, -0.1) is 44.5 Å². The molecular weight excluding hydrogens is 609 g/mol. The number of thioether (sulfide) groups is 1. The van der Waals surface area contributed by atoms with Crippen LogP contribution in [-0.2, 0) is 0 Å². The molecule has 11 heteroatoms. The molecule has 0 aromatic heterocycles. The van der Waals surface area contributed by atoms with Crippen molar-refractivity contribution < 1.29 is 0 Å². The topological polar surface area (TPSA) is 0 Å². The predicted octanol–water partition coefficient (Wildman–Crippen LogP) is -0.679. The summed E-state index contributed by atoms with van der Waals surface area (Å²) in [7, 11) is 63.5. The quantitative estimate of drug-likeness (QED) is 0.139. The minimum atomic E-state index is 0.173. The minimum Gasteiger partial charge on any atom is -0.129 e. The van der Waals surface area contributed by atoms with Crippen LogP contribution in [0.4, 0.5) is 0 Å². The van der Waals surface area contributed by atoms with Crippen molar-refractivity contribution in [1.82, 2.24) is 0 Å². The van der Waals surface area contributed by atoms with Gasteiger partial charge in [0.15, 0.2) is 0 Å². The molecule has 0 aliphatic carbocycles. The van der Waals surface area contributed by atoms with E-state index >= 15 is 0 Å². The van der Waals surface area contributed by atoms with Crippen LogP contribution in [0.2, 0.25) is 0 Å². The molecule has 0 amide bonds. The van der Waals surface area contributed by atoms with E-state index in [0.717, 1.165) is 59.8 Å². The lowest BCUT2D eigenvalue weighted by Gasteiger charge is -2.25. The van der Waals surface area contributed by atoms with Crippen LogP contribution in [0, 0.1) is 0 Å². The fraction of sp³-hybridized carbons (Fsp3) is 0.0256. The van der Waals surface area contributed by atoms with E-state index in [0.29, 0.717) is 11.1 Å². The van der Waals surface area contributed by atoms with Crippen LogP contribution in [0.25, 0.3) is 66.1 Å². The normalized spacial score (nSPS) is 11.4. The van der Waals surface area contributed by atoms with Gasteiger partial charge in [-0.2, -0.15) is 0 Å². The Bertz CT molecular complexity index is 2410. The van der Waals surface area contributed by atoms with E-state index in [9.17, 15) is 0 Å². The van der Waals surface area contributed by atoms with Crippen LogP contribution in [0.5, 0.6) is 0 Å². The molecule has 0 fully saturated rings. The third kappa shape index (κ3) is 5.31. The molecule has 0 saturated heterocycles. The van der Waals surface area contributed by atoms with Gasteiger partial charge in [0.2, 0.25) is 0 Å². The Morgan fingerprint density at radius 1 is 0.320 bits per heavy atom. The van der Waals surface area contributed by atoms with E-state index in [2.05, 4.69) is 60.9 Å². The molecule has 0 unspecified atom stereocenters. The molecule has 0 N–H and O–H groups in total. The van der Waals surface area contributed by atoms with Crippen LogP contribution in [0.1, 0.15) is 0 Å². The molecular formula is C39H18B10S. The molecule has 0 aliphatic heterocycles. The lowest BCUT2D eigenvalue weighted by Crippen LogP contribution is -2.55. The fourth-order valence-corrected chi connectivity index (χ4v) is 7.63. The molecule has 0 heterocycles. The van der Waals surface area contributed by atoms with Gasteiger partial charge >= 0.3 is 0 Å². The summed E-state index contributed by atoms with van der Waals surface area (Å²) >= 11 is 1.67. The van der Waals surface area contributed by atoms with Gasteiger partial charge in [-0.1, -0.05) is 107 Å². The lowest BCUT2D eigenvalue weighted by atomic mass is 9.59. The molecule has 0 aliphatic rings. The van der Waals surface area contributed by atoms with Gasteiger partial charge in [0, 0.05) is 10.5 Å². The largest absolute Gasteiger partial charge is 0.129 e. The van der Waals surface area contributed by atoms with E-state index in [4.69, 9.17) is 78.5 Å². The van der Waals surface area contributed by atoms with E-state index in [1.54, 1.807) is 11.8 Å². The molecule has 7 aromatic carbocycles. The number of fused-ring (bicyclic) bond motifs is 2. The summed E-state index contributed by atoms with van der Waals surface area (Å²) in [5, 5.41) is 3.86. The molecule has 20 radical (unpaired) electrons. The lowest BCUT2D eigenvalue weighted by molar-refractivity contribution is 1.45. The summed E-state index contributed by atoms with van der Waals surface area (Å²) in [6.07, 6.45) is 2.07. The van der Waals surface area contributed by atoms with Gasteiger partial charge in [0.25, 0.3) is 0 Å². The molecule has 0 spiro atoms. The maximum atomic E-state index is 6.67. The van der Waals surface area contributed by atoms with Crippen LogP contribution in [0.15, 0.2) is 95.9 Å². The zero-order valence-corrected chi connectivity index (χ0v) is 28.2. The van der Waals surface area contributed by atoms with Gasteiger partial charge in [0.1, 0.15) is 78.5 Å². The second-order valence-electron chi connectivity index (χ2n) is 12.2. The summed E-state index contributed by atoms with van der Waals surface area (Å²) in [5.74, 6) is 0. The average Bonchev–Trinajstić information content (AvgIpc) is 3.14. The van der Waals surface area contributed by atoms with E-state index < -0.39 is 0 Å². The first kappa shape index (κ1) is 34.5. The molecule has 0 bridgehead atoms. The summed E-state index contributed by atoms with van der Waals surface area (Å²) in [6, 6.07) is 30.8. The number of rotatable bonds is 5. The maximum Gasteiger partial charge on any atom is 0.113 e. The Balaban J connectivity index is 1.53. The summed E-state index contributed by atoms with van der Waals surface area (Å²) in [6.45, 7) is 0. The average molecular weight is 627 g/mol. The molecule has 0 saturated carbocycles. The van der Waals surface area contributed by atoms with Crippen LogP contribution >= 0.6 is 11.8 Å². The van der Waals surface area contributed by atoms with Crippen molar-refractivity contribution in [3.05, 3.63) is 91.0 Å². The Labute approximate surface area is 311 Å². The Kier molecular flexibility index (Phi) is 9.19. The monoisotopic (exact) mass is 628 g/mol. The number of benzene rings is 7.